The molecule has 3 heteroatoms. The van der Waals surface area contributed by atoms with E-state index in [1.165, 1.54) is 0 Å². The first-order valence-electron chi connectivity index (χ1n) is 3.15. The van der Waals surface area contributed by atoms with Crippen LogP contribution in [0.2, 0.25) is 0 Å². The monoisotopic (exact) mass is 145 g/mol. The minimum Gasteiger partial charge on any atom is -0.355 e. The molecule has 1 atom stereocenters. The van der Waals surface area contributed by atoms with Gasteiger partial charge in [-0.2, -0.15) is 12.6 Å². The summed E-state index contributed by atoms with van der Waals surface area (Å²) in [4.78, 5) is 10.7. The zero-order valence-corrected chi connectivity index (χ0v) is 6.37. The predicted octanol–water partition coefficient (Wildman–Crippen LogP) is 0.585. The summed E-state index contributed by atoms with van der Waals surface area (Å²) < 4.78 is -0.0584. The molecule has 52 valence electrons. The molecule has 0 aliphatic carbocycles. The Balaban J connectivity index is 2.54. The lowest BCUT2D eigenvalue weighted by Crippen LogP contribution is -2.23. The molecule has 1 rings (SSSR count). The highest BCUT2D eigenvalue weighted by Crippen LogP contribution is 2.26. The molecule has 1 unspecified atom stereocenters. The molecule has 0 radical (unpaired) electrons. The topological polar surface area (TPSA) is 29.1 Å². The van der Waals surface area contributed by atoms with E-state index in [-0.39, 0.29) is 10.7 Å². The Morgan fingerprint density at radius 3 is 2.78 bits per heavy atom. The van der Waals surface area contributed by atoms with Gasteiger partial charge in [0.1, 0.15) is 0 Å². The Bertz CT molecular complexity index is 137. The second kappa shape index (κ2) is 2.21. The molecule has 0 spiro atoms. The smallest absolute Gasteiger partial charge is 0.221 e. The lowest BCUT2D eigenvalue weighted by atomic mass is 10.1. The standard InChI is InChI=1S/C6H11NOS/c1-2-6(9)3-5(8)7-4-6/h9H,2-4H2,1H3,(H,7,8). The molecule has 0 saturated carbocycles. The molecule has 0 aromatic carbocycles. The predicted molar refractivity (Wildman–Crippen MR) is 39.6 cm³/mol. The van der Waals surface area contributed by atoms with Gasteiger partial charge in [-0.1, -0.05) is 6.92 Å². The number of carbonyl (C=O) groups excluding carboxylic acids is 1. The molecule has 1 saturated heterocycles. The van der Waals surface area contributed by atoms with Crippen LogP contribution in [0.25, 0.3) is 0 Å². The van der Waals surface area contributed by atoms with Crippen molar-refractivity contribution in [2.45, 2.75) is 24.5 Å². The number of amides is 1. The van der Waals surface area contributed by atoms with Crippen molar-refractivity contribution in [2.75, 3.05) is 6.54 Å². The maximum Gasteiger partial charge on any atom is 0.221 e. The molecule has 0 aromatic rings. The third-order valence-corrected chi connectivity index (χ3v) is 2.39. The Morgan fingerprint density at radius 1 is 1.89 bits per heavy atom. The van der Waals surface area contributed by atoms with Crippen molar-refractivity contribution in [3.05, 3.63) is 0 Å². The molecule has 1 fully saturated rings. The van der Waals surface area contributed by atoms with Crippen molar-refractivity contribution in [3.63, 3.8) is 0 Å². The third-order valence-electron chi connectivity index (χ3n) is 1.76. The summed E-state index contributed by atoms with van der Waals surface area (Å²) in [5, 5.41) is 2.75. The molecule has 0 bridgehead atoms. The van der Waals surface area contributed by atoms with E-state index in [9.17, 15) is 4.79 Å². The van der Waals surface area contributed by atoms with Gasteiger partial charge in [-0.25, -0.2) is 0 Å². The summed E-state index contributed by atoms with van der Waals surface area (Å²) >= 11 is 4.36. The number of thiol groups is 1. The molecular formula is C6H11NOS. The Hall–Kier alpha value is -0.180. The van der Waals surface area contributed by atoms with Crippen LogP contribution in [0.15, 0.2) is 0 Å². The van der Waals surface area contributed by atoms with Gasteiger partial charge >= 0.3 is 0 Å². The van der Waals surface area contributed by atoms with Crippen LogP contribution in [0, 0.1) is 0 Å². The van der Waals surface area contributed by atoms with Gasteiger partial charge in [-0.3, -0.25) is 4.79 Å². The van der Waals surface area contributed by atoms with Gasteiger partial charge in [-0.05, 0) is 6.42 Å². The highest BCUT2D eigenvalue weighted by molar-refractivity contribution is 7.81. The number of hydrogen-bond acceptors (Lipinski definition) is 2. The fourth-order valence-electron chi connectivity index (χ4n) is 0.937. The van der Waals surface area contributed by atoms with Gasteiger partial charge in [0.15, 0.2) is 0 Å². The first-order valence-corrected chi connectivity index (χ1v) is 3.60. The maximum absolute atomic E-state index is 10.7. The summed E-state index contributed by atoms with van der Waals surface area (Å²) in [5.74, 6) is 0.131. The van der Waals surface area contributed by atoms with Crippen LogP contribution >= 0.6 is 12.6 Å². The van der Waals surface area contributed by atoms with E-state index in [2.05, 4.69) is 17.9 Å². The van der Waals surface area contributed by atoms with Crippen molar-refractivity contribution in [3.8, 4) is 0 Å². The quantitative estimate of drug-likeness (QED) is 0.519. The lowest BCUT2D eigenvalue weighted by Gasteiger charge is -2.15. The summed E-state index contributed by atoms with van der Waals surface area (Å²) in [6.07, 6.45) is 1.53. The molecule has 1 aliphatic rings. The second-order valence-electron chi connectivity index (χ2n) is 2.53. The van der Waals surface area contributed by atoms with Crippen LogP contribution < -0.4 is 5.32 Å². The van der Waals surface area contributed by atoms with E-state index in [1.54, 1.807) is 0 Å². The maximum atomic E-state index is 10.7. The number of rotatable bonds is 1. The SMILES string of the molecule is CCC1(S)CNC(=O)C1. The number of carbonyl (C=O) groups is 1. The average Bonchev–Trinajstić information content (AvgIpc) is 2.13. The van der Waals surface area contributed by atoms with Gasteiger partial charge < -0.3 is 5.32 Å². The zero-order chi connectivity index (χ0) is 6.91. The Kier molecular flexibility index (Phi) is 1.70. The zero-order valence-electron chi connectivity index (χ0n) is 5.48. The van der Waals surface area contributed by atoms with Gasteiger partial charge in [0.25, 0.3) is 0 Å². The molecule has 0 aromatic heterocycles. The molecule has 1 heterocycles. The molecule has 1 N–H and O–H groups in total. The Labute approximate surface area is 60.4 Å². The summed E-state index contributed by atoms with van der Waals surface area (Å²) in [6.45, 7) is 2.78. The Morgan fingerprint density at radius 2 is 2.56 bits per heavy atom. The van der Waals surface area contributed by atoms with Gasteiger partial charge in [0.2, 0.25) is 5.91 Å². The molecule has 2 nitrogen and oxygen atoms in total. The molecular weight excluding hydrogens is 134 g/mol. The lowest BCUT2D eigenvalue weighted by molar-refractivity contribution is -0.119. The van der Waals surface area contributed by atoms with E-state index in [0.29, 0.717) is 6.42 Å². The molecule has 1 amide bonds. The largest absolute Gasteiger partial charge is 0.355 e. The van der Waals surface area contributed by atoms with Crippen molar-refractivity contribution < 1.29 is 4.79 Å². The minimum absolute atomic E-state index is 0.0584. The van der Waals surface area contributed by atoms with Crippen LogP contribution in [0.3, 0.4) is 0 Å². The van der Waals surface area contributed by atoms with Crippen LogP contribution in [0.5, 0.6) is 0 Å². The third kappa shape index (κ3) is 1.39. The van der Waals surface area contributed by atoms with Crippen LogP contribution in [-0.4, -0.2) is 17.2 Å². The fourth-order valence-corrected chi connectivity index (χ4v) is 1.16. The summed E-state index contributed by atoms with van der Waals surface area (Å²) in [6, 6.07) is 0. The van der Waals surface area contributed by atoms with Crippen molar-refractivity contribution in [1.82, 2.24) is 5.32 Å². The van der Waals surface area contributed by atoms with E-state index >= 15 is 0 Å². The second-order valence-corrected chi connectivity index (χ2v) is 3.48. The molecule has 1 aliphatic heterocycles. The minimum atomic E-state index is -0.0584. The highest BCUT2D eigenvalue weighted by atomic mass is 32.1. The number of nitrogens with one attached hydrogen (secondary N) is 1. The summed E-state index contributed by atoms with van der Waals surface area (Å²) in [5.41, 5.74) is 0. The van der Waals surface area contributed by atoms with E-state index in [1.807, 2.05) is 6.92 Å². The van der Waals surface area contributed by atoms with Gasteiger partial charge in [0.05, 0.1) is 0 Å². The van der Waals surface area contributed by atoms with Crippen molar-refractivity contribution >= 4 is 18.5 Å². The average molecular weight is 145 g/mol. The van der Waals surface area contributed by atoms with Crippen LogP contribution in [-0.2, 0) is 4.79 Å². The first kappa shape index (κ1) is 6.93. The first-order chi connectivity index (χ1) is 4.16. The van der Waals surface area contributed by atoms with Crippen LogP contribution in [0.1, 0.15) is 19.8 Å². The molecule has 9 heavy (non-hydrogen) atoms. The van der Waals surface area contributed by atoms with Crippen LogP contribution in [0.4, 0.5) is 0 Å². The van der Waals surface area contributed by atoms with E-state index < -0.39 is 0 Å². The van der Waals surface area contributed by atoms with E-state index in [0.717, 1.165) is 13.0 Å². The van der Waals surface area contributed by atoms with Gasteiger partial charge in [0, 0.05) is 17.7 Å². The van der Waals surface area contributed by atoms with Gasteiger partial charge in [-0.15, -0.1) is 0 Å². The summed E-state index contributed by atoms with van der Waals surface area (Å²) in [7, 11) is 0. The number of hydrogen-bond donors (Lipinski definition) is 2. The normalized spacial score (nSPS) is 34.7. The van der Waals surface area contributed by atoms with Crippen molar-refractivity contribution in [1.29, 1.82) is 0 Å². The van der Waals surface area contributed by atoms with Crippen molar-refractivity contribution in [2.24, 2.45) is 0 Å². The highest BCUT2D eigenvalue weighted by Gasteiger charge is 2.32. The fraction of sp³-hybridized carbons (Fsp3) is 0.833. The van der Waals surface area contributed by atoms with E-state index in [4.69, 9.17) is 0 Å².